The van der Waals surface area contributed by atoms with Gasteiger partial charge in [0.05, 0.1) is 66.9 Å². The first-order chi connectivity index (χ1) is 55.5. The Bertz CT molecular complexity index is 6480. The van der Waals surface area contributed by atoms with Gasteiger partial charge in [0, 0.05) is 99.2 Å². The molecule has 0 aliphatic rings. The van der Waals surface area contributed by atoms with Crippen molar-refractivity contribution in [1.82, 2.24) is 38.2 Å². The van der Waals surface area contributed by atoms with Crippen LogP contribution in [0.2, 0.25) is 0 Å². The van der Waals surface area contributed by atoms with Crippen molar-refractivity contribution in [1.29, 1.82) is 0 Å². The van der Waals surface area contributed by atoms with E-state index < -0.39 is 0 Å². The molecule has 8 heteroatoms. The normalized spacial score (nSPS) is 11.8. The molecule has 16 aromatic carbocycles. The summed E-state index contributed by atoms with van der Waals surface area (Å²) >= 11 is 0. The van der Waals surface area contributed by atoms with Crippen molar-refractivity contribution in [2.45, 2.75) is 0 Å². The molecule has 0 bridgehead atoms. The minimum Gasteiger partial charge on any atom is -0.309 e. The Morgan fingerprint density at radius 1 is 0.134 bits per heavy atom. The first-order valence-corrected chi connectivity index (χ1v) is 38.1. The Morgan fingerprint density at radius 3 is 0.616 bits per heavy atom. The molecule has 0 spiro atoms. The monoisotopic (exact) mass is 1430 g/mol. The average Bonchev–Trinajstić information content (AvgIpc) is 1.58. The van der Waals surface area contributed by atoms with Crippen LogP contribution in [0.3, 0.4) is 0 Å². The Kier molecular flexibility index (Phi) is 15.1. The van der Waals surface area contributed by atoms with Gasteiger partial charge in [0.15, 0.2) is 11.6 Å². The van der Waals surface area contributed by atoms with E-state index in [-0.39, 0.29) is 0 Å². The molecular formula is C104H66N8. The first-order valence-electron chi connectivity index (χ1n) is 38.1. The van der Waals surface area contributed by atoms with Crippen LogP contribution in [-0.2, 0) is 0 Å². The molecule has 0 unspecified atom stereocenters. The second-order valence-electron chi connectivity index (χ2n) is 28.9. The maximum Gasteiger partial charge on any atom is 0.160 e. The summed E-state index contributed by atoms with van der Waals surface area (Å²) in [5.41, 5.74) is 29.1. The summed E-state index contributed by atoms with van der Waals surface area (Å²) in [6, 6.07) is 144. The van der Waals surface area contributed by atoms with E-state index in [2.05, 4.69) is 419 Å². The van der Waals surface area contributed by atoms with Crippen LogP contribution in [0.4, 0.5) is 0 Å². The molecule has 22 aromatic rings. The largest absolute Gasteiger partial charge is 0.309 e. The summed E-state index contributed by atoms with van der Waals surface area (Å²) in [6.07, 6.45) is 0. The van der Waals surface area contributed by atoms with Crippen LogP contribution in [0.25, 0.3) is 211 Å². The lowest BCUT2D eigenvalue weighted by molar-refractivity contribution is 1.16. The SMILES string of the molecule is c1ccc(-c2cc(-c3cccc(-c4cc(-c5ccc(-n6c7ccccc7c7ccccc76)cc5)nc(-c5ccc(-n6c7ccccc7c7ccccc76)cc5)n4)c3)cc(-c3cccc(-c4cc(-c5ccc(-n6c7ccccc7c7ccccc76)cc5)nc(-c5ccc(-n6c7ccccc7c7ccccc76)cc5)n4)c3)c2)cc1. The van der Waals surface area contributed by atoms with Gasteiger partial charge in [-0.3, -0.25) is 0 Å². The van der Waals surface area contributed by atoms with Gasteiger partial charge in [-0.15, -0.1) is 0 Å². The molecule has 0 aliphatic heterocycles. The Balaban J connectivity index is 0.652. The Hall–Kier alpha value is -15.1. The number of rotatable bonds is 13. The van der Waals surface area contributed by atoms with Crippen molar-refractivity contribution in [3.8, 4) is 124 Å². The van der Waals surface area contributed by atoms with Crippen LogP contribution in [0.5, 0.6) is 0 Å². The molecular weight excluding hydrogens is 1360 g/mol. The predicted molar refractivity (Wildman–Crippen MR) is 464 cm³/mol. The highest BCUT2D eigenvalue weighted by Gasteiger charge is 2.21. The van der Waals surface area contributed by atoms with Crippen molar-refractivity contribution >= 4 is 87.2 Å². The highest BCUT2D eigenvalue weighted by atomic mass is 15.0. The molecule has 112 heavy (non-hydrogen) atoms. The van der Waals surface area contributed by atoms with Crippen molar-refractivity contribution in [2.75, 3.05) is 0 Å². The zero-order valence-corrected chi connectivity index (χ0v) is 60.7. The third-order valence-electron chi connectivity index (χ3n) is 22.4. The lowest BCUT2D eigenvalue weighted by Crippen LogP contribution is -1.98. The number of benzene rings is 16. The third-order valence-corrected chi connectivity index (χ3v) is 22.4. The van der Waals surface area contributed by atoms with Crippen molar-refractivity contribution in [2.24, 2.45) is 0 Å². The molecule has 0 saturated heterocycles. The molecule has 0 fully saturated rings. The molecule has 0 aliphatic carbocycles. The smallest absolute Gasteiger partial charge is 0.160 e. The minimum atomic E-state index is 0.635. The van der Waals surface area contributed by atoms with Crippen LogP contribution in [0.15, 0.2) is 400 Å². The van der Waals surface area contributed by atoms with Gasteiger partial charge in [0.1, 0.15) is 0 Å². The first kappa shape index (κ1) is 64.1. The van der Waals surface area contributed by atoms with E-state index >= 15 is 0 Å². The molecule has 0 N–H and O–H groups in total. The molecule has 8 nitrogen and oxygen atoms in total. The van der Waals surface area contributed by atoms with E-state index in [0.29, 0.717) is 11.6 Å². The zero-order valence-electron chi connectivity index (χ0n) is 60.7. The molecule has 0 saturated carbocycles. The van der Waals surface area contributed by atoms with E-state index in [1.54, 1.807) is 0 Å². The number of aromatic nitrogens is 8. The maximum absolute atomic E-state index is 5.51. The number of nitrogens with zero attached hydrogens (tertiary/aromatic N) is 8. The molecule has 6 heterocycles. The summed E-state index contributed by atoms with van der Waals surface area (Å²) < 4.78 is 9.42. The van der Waals surface area contributed by atoms with Gasteiger partial charge in [0.25, 0.3) is 0 Å². The molecule has 522 valence electrons. The molecule has 0 radical (unpaired) electrons. The molecule has 6 aromatic heterocycles. The van der Waals surface area contributed by atoms with Gasteiger partial charge in [-0.2, -0.15) is 0 Å². The van der Waals surface area contributed by atoms with Gasteiger partial charge in [-0.05, 0) is 197 Å². The van der Waals surface area contributed by atoms with Crippen molar-refractivity contribution in [3.05, 3.63) is 400 Å². The van der Waals surface area contributed by atoms with Gasteiger partial charge < -0.3 is 18.3 Å². The molecule has 22 rings (SSSR count). The van der Waals surface area contributed by atoms with Crippen molar-refractivity contribution in [3.63, 3.8) is 0 Å². The fourth-order valence-electron chi connectivity index (χ4n) is 17.1. The van der Waals surface area contributed by atoms with Gasteiger partial charge >= 0.3 is 0 Å². The maximum atomic E-state index is 5.51. The number of hydrogen-bond acceptors (Lipinski definition) is 4. The van der Waals surface area contributed by atoms with Crippen LogP contribution in [0.1, 0.15) is 0 Å². The van der Waals surface area contributed by atoms with Crippen LogP contribution in [0, 0.1) is 0 Å². The highest BCUT2D eigenvalue weighted by molar-refractivity contribution is 6.12. The second kappa shape index (κ2) is 26.4. The van der Waals surface area contributed by atoms with E-state index in [1.807, 2.05) is 0 Å². The Labute approximate surface area is 645 Å². The third kappa shape index (κ3) is 10.9. The van der Waals surface area contributed by atoms with E-state index in [9.17, 15) is 0 Å². The summed E-state index contributed by atoms with van der Waals surface area (Å²) in [6.45, 7) is 0. The fourth-order valence-corrected chi connectivity index (χ4v) is 17.1. The van der Waals surface area contributed by atoms with E-state index in [0.717, 1.165) is 156 Å². The lowest BCUT2D eigenvalue weighted by atomic mass is 9.91. The van der Waals surface area contributed by atoms with Crippen molar-refractivity contribution < 1.29 is 0 Å². The van der Waals surface area contributed by atoms with Gasteiger partial charge in [-0.25, -0.2) is 19.9 Å². The van der Waals surface area contributed by atoms with Gasteiger partial charge in [0.2, 0.25) is 0 Å². The quantitative estimate of drug-likeness (QED) is 0.115. The lowest BCUT2D eigenvalue weighted by Gasteiger charge is -2.15. The highest BCUT2D eigenvalue weighted by Crippen LogP contribution is 2.42. The second-order valence-corrected chi connectivity index (χ2v) is 28.9. The van der Waals surface area contributed by atoms with Crippen LogP contribution >= 0.6 is 0 Å². The summed E-state index contributed by atoms with van der Waals surface area (Å²) in [4.78, 5) is 21.9. The average molecular weight is 1430 g/mol. The summed E-state index contributed by atoms with van der Waals surface area (Å²) in [5, 5.41) is 9.79. The van der Waals surface area contributed by atoms with Crippen LogP contribution in [-0.4, -0.2) is 38.2 Å². The summed E-state index contributed by atoms with van der Waals surface area (Å²) in [5.74, 6) is 1.27. The number of hydrogen-bond donors (Lipinski definition) is 0. The topological polar surface area (TPSA) is 71.3 Å². The standard InChI is InChI=1S/C104H66N8/c1-2-22-67(23-3-1)76-62-77(72-24-20-26-74(60-72)93-65-91(68-44-52-79(53-45-68)109-95-36-12-4-28-83(95)84-29-5-13-37-96(84)109)105-103(107-93)70-48-56-81(57-49-70)111-99-40-16-8-32-87(99)88-33-9-17-41-100(88)111)64-78(63-76)73-25-21-27-75(61-73)94-66-92(69-46-54-80(55-47-69)110-97-38-14-6-30-85(97)86-31-7-15-39-98(86)110)106-104(108-94)71-50-58-82(59-51-71)112-101-42-18-10-34-89(101)90-35-11-19-43-102(90)112/h1-66H. The van der Waals surface area contributed by atoms with Gasteiger partial charge in [-0.1, -0.05) is 237 Å². The number of para-hydroxylation sites is 8. The predicted octanol–water partition coefficient (Wildman–Crippen LogP) is 26.7. The molecule has 0 amide bonds. The Morgan fingerprint density at radius 2 is 0.339 bits per heavy atom. The number of fused-ring (bicyclic) bond motifs is 12. The zero-order chi connectivity index (χ0) is 73.7. The van der Waals surface area contributed by atoms with E-state index in [4.69, 9.17) is 19.9 Å². The van der Waals surface area contributed by atoms with E-state index in [1.165, 1.54) is 43.1 Å². The minimum absolute atomic E-state index is 0.635. The molecule has 0 atom stereocenters. The fraction of sp³-hybridized carbons (Fsp3) is 0. The summed E-state index contributed by atoms with van der Waals surface area (Å²) in [7, 11) is 0. The van der Waals surface area contributed by atoms with Crippen LogP contribution < -0.4 is 0 Å².